The Morgan fingerprint density at radius 1 is 1.23 bits per heavy atom. The summed E-state index contributed by atoms with van der Waals surface area (Å²) in [7, 11) is 0. The van der Waals surface area contributed by atoms with Gasteiger partial charge in [0.2, 0.25) is 18.2 Å². The van der Waals surface area contributed by atoms with Crippen LogP contribution in [-0.2, 0) is 14.4 Å². The third kappa shape index (κ3) is 5.41. The Hall–Kier alpha value is -2.81. The quantitative estimate of drug-likeness (QED) is 0.286. The monoisotopic (exact) mass is 416 g/mol. The topological polar surface area (TPSA) is 120 Å². The fourth-order valence-corrected chi connectivity index (χ4v) is 4.46. The van der Waals surface area contributed by atoms with Gasteiger partial charge in [-0.05, 0) is 37.3 Å². The standard InChI is InChI=1S/C21H28N4O5/c26-14-24(30)13-16(12-15-6-1-2-7-15)21(29)25-11-5-9-18(25)20(28)23-19(27)17-8-3-4-10-22-17/h3-4,8,10,14-16,18,30H,1-2,5-7,9,11-13H2,(H,23,27,28)/t16-,18-/m1/s1. The average Bonchev–Trinajstić information content (AvgIpc) is 3.45. The van der Waals surface area contributed by atoms with Gasteiger partial charge in [0, 0.05) is 12.7 Å². The van der Waals surface area contributed by atoms with Crippen molar-refractivity contribution in [3.05, 3.63) is 30.1 Å². The Bertz CT molecular complexity index is 766. The molecule has 30 heavy (non-hydrogen) atoms. The van der Waals surface area contributed by atoms with Gasteiger partial charge in [-0.25, -0.2) is 5.06 Å². The third-order valence-corrected chi connectivity index (χ3v) is 5.94. The number of hydroxylamine groups is 2. The zero-order chi connectivity index (χ0) is 21.5. The molecule has 9 nitrogen and oxygen atoms in total. The third-order valence-electron chi connectivity index (χ3n) is 5.94. The lowest BCUT2D eigenvalue weighted by atomic mass is 9.91. The average molecular weight is 416 g/mol. The second-order valence-electron chi connectivity index (χ2n) is 8.03. The first-order valence-electron chi connectivity index (χ1n) is 10.5. The lowest BCUT2D eigenvalue weighted by Crippen LogP contribution is -2.50. The summed E-state index contributed by atoms with van der Waals surface area (Å²) in [6.07, 6.45) is 7.71. The predicted molar refractivity (Wildman–Crippen MR) is 106 cm³/mol. The van der Waals surface area contributed by atoms with Crippen LogP contribution in [0.2, 0.25) is 0 Å². The van der Waals surface area contributed by atoms with E-state index >= 15 is 0 Å². The highest BCUT2D eigenvalue weighted by atomic mass is 16.5. The Kier molecular flexibility index (Phi) is 7.51. The molecular weight excluding hydrogens is 388 g/mol. The van der Waals surface area contributed by atoms with Crippen LogP contribution in [0.3, 0.4) is 0 Å². The van der Waals surface area contributed by atoms with Gasteiger partial charge in [-0.15, -0.1) is 0 Å². The number of likely N-dealkylation sites (tertiary alicyclic amines) is 1. The van der Waals surface area contributed by atoms with Crippen molar-refractivity contribution >= 4 is 24.1 Å². The molecule has 0 bridgehead atoms. The van der Waals surface area contributed by atoms with Crippen LogP contribution in [0.1, 0.15) is 55.4 Å². The first kappa shape index (κ1) is 21.9. The van der Waals surface area contributed by atoms with Crippen LogP contribution in [0.25, 0.3) is 0 Å². The van der Waals surface area contributed by atoms with Crippen LogP contribution in [-0.4, -0.2) is 63.4 Å². The molecule has 1 saturated heterocycles. The van der Waals surface area contributed by atoms with Gasteiger partial charge in [0.1, 0.15) is 11.7 Å². The Morgan fingerprint density at radius 2 is 2.00 bits per heavy atom. The van der Waals surface area contributed by atoms with Crippen molar-refractivity contribution in [3.8, 4) is 0 Å². The van der Waals surface area contributed by atoms with E-state index in [1.54, 1.807) is 12.1 Å². The molecular formula is C21H28N4O5. The van der Waals surface area contributed by atoms with E-state index in [9.17, 15) is 24.4 Å². The van der Waals surface area contributed by atoms with Crippen molar-refractivity contribution in [2.75, 3.05) is 13.1 Å². The molecule has 1 aliphatic heterocycles. The molecule has 1 aromatic rings. The Labute approximate surface area is 175 Å². The van der Waals surface area contributed by atoms with E-state index in [1.165, 1.54) is 17.2 Å². The number of nitrogens with one attached hydrogen (secondary N) is 1. The highest BCUT2D eigenvalue weighted by Gasteiger charge is 2.39. The van der Waals surface area contributed by atoms with Crippen molar-refractivity contribution in [1.29, 1.82) is 0 Å². The second-order valence-corrected chi connectivity index (χ2v) is 8.03. The molecule has 2 N–H and O–H groups in total. The van der Waals surface area contributed by atoms with Gasteiger partial charge in [-0.1, -0.05) is 31.7 Å². The Morgan fingerprint density at radius 3 is 2.67 bits per heavy atom. The Balaban J connectivity index is 1.67. The first-order chi connectivity index (χ1) is 14.5. The van der Waals surface area contributed by atoms with Gasteiger partial charge in [-0.2, -0.15) is 0 Å². The zero-order valence-corrected chi connectivity index (χ0v) is 16.9. The summed E-state index contributed by atoms with van der Waals surface area (Å²) >= 11 is 0. The van der Waals surface area contributed by atoms with Crippen molar-refractivity contribution in [2.45, 2.75) is 51.0 Å². The molecule has 2 fully saturated rings. The number of rotatable bonds is 8. The smallest absolute Gasteiger partial charge is 0.276 e. The summed E-state index contributed by atoms with van der Waals surface area (Å²) in [6, 6.07) is 4.08. The van der Waals surface area contributed by atoms with E-state index in [1.807, 2.05) is 0 Å². The van der Waals surface area contributed by atoms with Crippen LogP contribution in [0, 0.1) is 11.8 Å². The molecule has 4 amide bonds. The highest BCUT2D eigenvalue weighted by Crippen LogP contribution is 2.32. The van der Waals surface area contributed by atoms with E-state index in [0.717, 1.165) is 25.7 Å². The second kappa shape index (κ2) is 10.3. The summed E-state index contributed by atoms with van der Waals surface area (Å²) in [4.78, 5) is 54.5. The number of aromatic nitrogens is 1. The van der Waals surface area contributed by atoms with Crippen molar-refractivity contribution in [2.24, 2.45) is 11.8 Å². The minimum atomic E-state index is -0.750. The van der Waals surface area contributed by atoms with E-state index in [-0.39, 0.29) is 24.6 Å². The maximum Gasteiger partial charge on any atom is 0.276 e. The summed E-state index contributed by atoms with van der Waals surface area (Å²) in [5.41, 5.74) is 0.128. The molecule has 1 aromatic heterocycles. The normalized spacial score (nSPS) is 20.0. The number of carbonyl (C=O) groups excluding carboxylic acids is 4. The molecule has 0 spiro atoms. The van der Waals surface area contributed by atoms with Crippen LogP contribution < -0.4 is 5.32 Å². The molecule has 0 radical (unpaired) electrons. The fourth-order valence-electron chi connectivity index (χ4n) is 4.46. The number of carbonyl (C=O) groups is 4. The molecule has 2 atom stereocenters. The van der Waals surface area contributed by atoms with Crippen LogP contribution in [0.15, 0.2) is 24.4 Å². The molecule has 0 aromatic carbocycles. The molecule has 0 unspecified atom stereocenters. The minimum absolute atomic E-state index is 0.101. The van der Waals surface area contributed by atoms with Crippen molar-refractivity contribution < 1.29 is 24.4 Å². The zero-order valence-electron chi connectivity index (χ0n) is 16.9. The van der Waals surface area contributed by atoms with E-state index in [4.69, 9.17) is 0 Å². The number of imide groups is 1. The maximum atomic E-state index is 13.3. The molecule has 162 valence electrons. The highest BCUT2D eigenvalue weighted by molar-refractivity contribution is 6.05. The van der Waals surface area contributed by atoms with Gasteiger partial charge in [0.25, 0.3) is 5.91 Å². The summed E-state index contributed by atoms with van der Waals surface area (Å²) in [6.45, 7) is 0.304. The van der Waals surface area contributed by atoms with Crippen LogP contribution in [0.4, 0.5) is 0 Å². The van der Waals surface area contributed by atoms with Crippen LogP contribution >= 0.6 is 0 Å². The molecule has 1 saturated carbocycles. The molecule has 3 rings (SSSR count). The maximum absolute atomic E-state index is 13.3. The van der Waals surface area contributed by atoms with E-state index in [2.05, 4.69) is 10.3 Å². The van der Waals surface area contributed by atoms with Gasteiger partial charge < -0.3 is 4.90 Å². The molecule has 1 aliphatic carbocycles. The van der Waals surface area contributed by atoms with E-state index < -0.39 is 23.8 Å². The van der Waals surface area contributed by atoms with Gasteiger partial charge in [0.05, 0.1) is 12.5 Å². The lowest BCUT2D eigenvalue weighted by Gasteiger charge is -2.30. The van der Waals surface area contributed by atoms with Crippen LogP contribution in [0.5, 0.6) is 0 Å². The van der Waals surface area contributed by atoms with Gasteiger partial charge in [0.15, 0.2) is 0 Å². The number of hydrogen-bond acceptors (Lipinski definition) is 6. The minimum Gasteiger partial charge on any atom is -0.330 e. The number of hydrogen-bond donors (Lipinski definition) is 2. The summed E-state index contributed by atoms with van der Waals surface area (Å²) in [5.74, 6) is -1.61. The van der Waals surface area contributed by atoms with Gasteiger partial charge in [-0.3, -0.25) is 34.7 Å². The number of amides is 4. The van der Waals surface area contributed by atoms with Crippen molar-refractivity contribution in [3.63, 3.8) is 0 Å². The number of pyridine rings is 1. The van der Waals surface area contributed by atoms with Gasteiger partial charge >= 0.3 is 0 Å². The molecule has 9 heteroatoms. The van der Waals surface area contributed by atoms with Crippen molar-refractivity contribution in [1.82, 2.24) is 20.3 Å². The molecule has 2 heterocycles. The molecule has 2 aliphatic rings. The summed E-state index contributed by atoms with van der Waals surface area (Å²) < 4.78 is 0. The van der Waals surface area contributed by atoms with E-state index in [0.29, 0.717) is 36.8 Å². The lowest BCUT2D eigenvalue weighted by molar-refractivity contribution is -0.158. The fraction of sp³-hybridized carbons (Fsp3) is 0.571. The summed E-state index contributed by atoms with van der Waals surface area (Å²) in [5, 5.41) is 12.5. The predicted octanol–water partition coefficient (Wildman–Crippen LogP) is 1.37. The first-order valence-corrected chi connectivity index (χ1v) is 10.5. The number of nitrogens with zero attached hydrogens (tertiary/aromatic N) is 3. The SMILES string of the molecule is O=CN(O)C[C@@H](CC1CCCC1)C(=O)N1CCC[C@@H]1C(=O)NC(=O)c1ccccn1. The largest absolute Gasteiger partial charge is 0.330 e.